The van der Waals surface area contributed by atoms with Crippen molar-refractivity contribution in [2.24, 2.45) is 5.41 Å². The normalized spacial score (nSPS) is 17.1. The fourth-order valence-electron chi connectivity index (χ4n) is 5.26. The molecule has 0 spiro atoms. The molecule has 9 heteroatoms. The van der Waals surface area contributed by atoms with Gasteiger partial charge in [0.05, 0.1) is 35.8 Å². The number of benzene rings is 2. The van der Waals surface area contributed by atoms with Crippen LogP contribution < -0.4 is 10.9 Å². The lowest BCUT2D eigenvalue weighted by Crippen LogP contribution is -2.48. The lowest BCUT2D eigenvalue weighted by atomic mass is 9.84. The molecule has 1 aliphatic rings. The Labute approximate surface area is 233 Å². The standard InChI is InChI=1S/C30H32ClN5O3/c1-18-12-22(9-8-20(18)14-23-13-19(2)34-35-29(23)39)28(38)33-16-27(37)36-25(21-6-5-7-24(31)15-21)10-11-26(36)30(3,4)17-32/h5-9,12-13,15,25-26H,10-11,14,16H2,1-4H3,(H,33,38)(H,35,39)/t25?,26-/m1/s1. The lowest BCUT2D eigenvalue weighted by molar-refractivity contribution is -0.134. The minimum atomic E-state index is -0.755. The number of aryl methyl sites for hydroxylation is 2. The molecular formula is C30H32ClN5O3. The van der Waals surface area contributed by atoms with E-state index < -0.39 is 5.41 Å². The summed E-state index contributed by atoms with van der Waals surface area (Å²) in [6.45, 7) is 7.17. The number of aromatic amines is 1. The molecule has 0 aliphatic carbocycles. The van der Waals surface area contributed by atoms with E-state index in [-0.39, 0.29) is 36.0 Å². The largest absolute Gasteiger partial charge is 0.343 e. The number of nitrogens with zero attached hydrogens (tertiary/aromatic N) is 3. The minimum Gasteiger partial charge on any atom is -0.343 e. The van der Waals surface area contributed by atoms with Crippen LogP contribution in [0.4, 0.5) is 0 Å². The van der Waals surface area contributed by atoms with Crippen LogP contribution in [0.5, 0.6) is 0 Å². The highest BCUT2D eigenvalue weighted by Crippen LogP contribution is 2.43. The summed E-state index contributed by atoms with van der Waals surface area (Å²) in [4.78, 5) is 40.4. The SMILES string of the molecule is Cc1cc(Cc2ccc(C(=O)NCC(=O)N3C(c4cccc(Cl)c4)CC[C@@H]3C(C)(C)C#N)cc2C)c(=O)[nH]n1. The summed E-state index contributed by atoms with van der Waals surface area (Å²) in [5, 5.41) is 19.5. The van der Waals surface area contributed by atoms with E-state index in [0.717, 1.165) is 22.4 Å². The van der Waals surface area contributed by atoms with Crippen LogP contribution in [0.25, 0.3) is 0 Å². The fourth-order valence-corrected chi connectivity index (χ4v) is 5.46. The Hall–Kier alpha value is -3.96. The van der Waals surface area contributed by atoms with Gasteiger partial charge in [-0.05, 0) is 87.6 Å². The molecule has 2 amide bonds. The Morgan fingerprint density at radius 3 is 2.62 bits per heavy atom. The first kappa shape index (κ1) is 28.1. The number of carbonyl (C=O) groups excluding carboxylic acids is 2. The fraction of sp³-hybridized carbons (Fsp3) is 0.367. The summed E-state index contributed by atoms with van der Waals surface area (Å²) >= 11 is 6.23. The molecule has 39 heavy (non-hydrogen) atoms. The summed E-state index contributed by atoms with van der Waals surface area (Å²) in [6, 6.07) is 16.3. The summed E-state index contributed by atoms with van der Waals surface area (Å²) in [5.41, 5.74) is 3.44. The van der Waals surface area contributed by atoms with Crippen molar-refractivity contribution in [3.63, 3.8) is 0 Å². The van der Waals surface area contributed by atoms with Crippen LogP contribution in [0, 0.1) is 30.6 Å². The second-order valence-electron chi connectivity index (χ2n) is 10.7. The second-order valence-corrected chi connectivity index (χ2v) is 11.1. The zero-order valence-electron chi connectivity index (χ0n) is 22.5. The number of likely N-dealkylation sites (tertiary alicyclic amines) is 1. The van der Waals surface area contributed by atoms with E-state index in [4.69, 9.17) is 11.6 Å². The van der Waals surface area contributed by atoms with Crippen LogP contribution in [0.1, 0.15) is 71.0 Å². The van der Waals surface area contributed by atoms with Gasteiger partial charge in [-0.25, -0.2) is 5.10 Å². The van der Waals surface area contributed by atoms with Crippen molar-refractivity contribution >= 4 is 23.4 Å². The molecule has 2 N–H and O–H groups in total. The summed E-state index contributed by atoms with van der Waals surface area (Å²) < 4.78 is 0. The first-order valence-corrected chi connectivity index (χ1v) is 13.3. The summed E-state index contributed by atoms with van der Waals surface area (Å²) in [5.74, 6) is -0.620. The third-order valence-corrected chi connectivity index (χ3v) is 7.66. The van der Waals surface area contributed by atoms with Crippen molar-refractivity contribution < 1.29 is 9.59 Å². The number of aromatic nitrogens is 2. The molecule has 1 aromatic heterocycles. The number of halogens is 1. The molecule has 8 nitrogen and oxygen atoms in total. The minimum absolute atomic E-state index is 0.194. The van der Waals surface area contributed by atoms with Gasteiger partial charge in [0.2, 0.25) is 5.91 Å². The topological polar surface area (TPSA) is 119 Å². The molecule has 2 aromatic carbocycles. The van der Waals surface area contributed by atoms with E-state index in [1.807, 2.05) is 52.0 Å². The Morgan fingerprint density at radius 2 is 1.92 bits per heavy atom. The van der Waals surface area contributed by atoms with Gasteiger partial charge in [0.25, 0.3) is 11.5 Å². The van der Waals surface area contributed by atoms with Crippen molar-refractivity contribution in [1.82, 2.24) is 20.4 Å². The van der Waals surface area contributed by atoms with Crippen molar-refractivity contribution in [2.45, 2.75) is 59.0 Å². The lowest BCUT2D eigenvalue weighted by Gasteiger charge is -2.36. The van der Waals surface area contributed by atoms with Crippen LogP contribution in [-0.2, 0) is 11.2 Å². The molecule has 0 bridgehead atoms. The summed E-state index contributed by atoms with van der Waals surface area (Å²) in [6.07, 6.45) is 1.80. The maximum absolute atomic E-state index is 13.5. The highest BCUT2D eigenvalue weighted by atomic mass is 35.5. The predicted octanol–water partition coefficient (Wildman–Crippen LogP) is 4.64. The van der Waals surface area contributed by atoms with Crippen molar-refractivity contribution in [3.8, 4) is 6.07 Å². The predicted molar refractivity (Wildman–Crippen MR) is 149 cm³/mol. The van der Waals surface area contributed by atoms with E-state index in [9.17, 15) is 19.6 Å². The number of amides is 2. The van der Waals surface area contributed by atoms with Gasteiger partial charge >= 0.3 is 0 Å². The average molecular weight is 546 g/mol. The molecule has 0 saturated carbocycles. The van der Waals surface area contributed by atoms with Gasteiger partial charge in [-0.3, -0.25) is 14.4 Å². The maximum Gasteiger partial charge on any atom is 0.267 e. The summed E-state index contributed by atoms with van der Waals surface area (Å²) in [7, 11) is 0. The molecule has 1 fully saturated rings. The van der Waals surface area contributed by atoms with Gasteiger partial charge in [-0.1, -0.05) is 29.8 Å². The smallest absolute Gasteiger partial charge is 0.267 e. The molecule has 1 unspecified atom stereocenters. The van der Waals surface area contributed by atoms with Gasteiger partial charge in [-0.15, -0.1) is 0 Å². The van der Waals surface area contributed by atoms with Crippen LogP contribution in [0.2, 0.25) is 5.02 Å². The molecule has 4 rings (SSSR count). The van der Waals surface area contributed by atoms with Gasteiger partial charge in [-0.2, -0.15) is 10.4 Å². The highest BCUT2D eigenvalue weighted by Gasteiger charge is 2.45. The highest BCUT2D eigenvalue weighted by molar-refractivity contribution is 6.30. The third kappa shape index (κ3) is 6.21. The van der Waals surface area contributed by atoms with E-state index >= 15 is 0 Å². The molecular weight excluding hydrogens is 514 g/mol. The van der Waals surface area contributed by atoms with Crippen LogP contribution in [-0.4, -0.2) is 39.5 Å². The van der Waals surface area contributed by atoms with Crippen molar-refractivity contribution in [3.05, 3.63) is 97.4 Å². The molecule has 2 heterocycles. The molecule has 202 valence electrons. The maximum atomic E-state index is 13.5. The number of carbonyl (C=O) groups is 2. The van der Waals surface area contributed by atoms with Crippen molar-refractivity contribution in [2.75, 3.05) is 6.54 Å². The molecule has 1 saturated heterocycles. The Kier molecular flexibility index (Phi) is 8.22. The quantitative estimate of drug-likeness (QED) is 0.448. The number of hydrogen-bond acceptors (Lipinski definition) is 5. The van der Waals surface area contributed by atoms with E-state index in [0.29, 0.717) is 35.4 Å². The zero-order chi connectivity index (χ0) is 28.3. The van der Waals surface area contributed by atoms with Crippen LogP contribution >= 0.6 is 11.6 Å². The third-order valence-electron chi connectivity index (χ3n) is 7.42. The van der Waals surface area contributed by atoms with Gasteiger partial charge in [0, 0.05) is 22.6 Å². The first-order valence-electron chi connectivity index (χ1n) is 12.9. The average Bonchev–Trinajstić information content (AvgIpc) is 3.37. The Balaban J connectivity index is 1.49. The number of nitrogens with one attached hydrogen (secondary N) is 2. The van der Waals surface area contributed by atoms with E-state index in [1.54, 1.807) is 29.2 Å². The monoisotopic (exact) mass is 545 g/mol. The number of hydrogen-bond donors (Lipinski definition) is 2. The van der Waals surface area contributed by atoms with Gasteiger partial charge in [0.1, 0.15) is 0 Å². The Bertz CT molecular complexity index is 1510. The first-order chi connectivity index (χ1) is 18.5. The van der Waals surface area contributed by atoms with E-state index in [1.165, 1.54) is 0 Å². The molecule has 0 radical (unpaired) electrons. The van der Waals surface area contributed by atoms with Crippen LogP contribution in [0.15, 0.2) is 53.3 Å². The van der Waals surface area contributed by atoms with E-state index in [2.05, 4.69) is 21.6 Å². The second kappa shape index (κ2) is 11.4. The van der Waals surface area contributed by atoms with Gasteiger partial charge in [0.15, 0.2) is 0 Å². The molecule has 1 aliphatic heterocycles. The van der Waals surface area contributed by atoms with Crippen molar-refractivity contribution in [1.29, 1.82) is 5.26 Å². The number of H-pyrrole nitrogens is 1. The number of rotatable bonds is 7. The number of nitriles is 1. The zero-order valence-corrected chi connectivity index (χ0v) is 23.3. The van der Waals surface area contributed by atoms with Gasteiger partial charge < -0.3 is 10.2 Å². The molecule has 2 atom stereocenters. The van der Waals surface area contributed by atoms with Crippen LogP contribution in [0.3, 0.4) is 0 Å². The molecule has 3 aromatic rings. The Morgan fingerprint density at radius 1 is 1.15 bits per heavy atom.